The van der Waals surface area contributed by atoms with Gasteiger partial charge in [0, 0.05) is 18.4 Å². The Bertz CT molecular complexity index is 805. The van der Waals surface area contributed by atoms with Crippen molar-refractivity contribution in [3.63, 3.8) is 0 Å². The van der Waals surface area contributed by atoms with Gasteiger partial charge in [-0.1, -0.05) is 24.3 Å². The number of aromatic nitrogens is 3. The second kappa shape index (κ2) is 6.83. The van der Waals surface area contributed by atoms with Crippen molar-refractivity contribution in [1.82, 2.24) is 19.3 Å². The molecule has 5 heteroatoms. The van der Waals surface area contributed by atoms with E-state index < -0.39 is 0 Å². The molecule has 1 amide bonds. The van der Waals surface area contributed by atoms with Gasteiger partial charge < -0.3 is 4.90 Å². The van der Waals surface area contributed by atoms with E-state index >= 15 is 0 Å². The monoisotopic (exact) mass is 322 g/mol. The first-order chi connectivity index (χ1) is 11.7. The molecule has 2 aromatic heterocycles. The Morgan fingerprint density at radius 3 is 2.92 bits per heavy atom. The van der Waals surface area contributed by atoms with E-state index in [1.165, 1.54) is 0 Å². The Labute approximate surface area is 142 Å². The van der Waals surface area contributed by atoms with Crippen molar-refractivity contribution in [2.75, 3.05) is 0 Å². The van der Waals surface area contributed by atoms with Crippen LogP contribution in [0.1, 0.15) is 35.4 Å². The van der Waals surface area contributed by atoms with Crippen molar-refractivity contribution < 1.29 is 4.79 Å². The lowest BCUT2D eigenvalue weighted by molar-refractivity contribution is 0.0599. The molecule has 24 heavy (non-hydrogen) atoms. The van der Waals surface area contributed by atoms with E-state index in [1.807, 2.05) is 36.2 Å². The molecule has 3 rings (SSSR count). The Morgan fingerprint density at radius 1 is 1.38 bits per heavy atom. The summed E-state index contributed by atoms with van der Waals surface area (Å²) in [5.41, 5.74) is 1.28. The highest BCUT2D eigenvalue weighted by molar-refractivity contribution is 5.95. The normalized spacial score (nSPS) is 20.3. The molecule has 2 atom stereocenters. The minimum Gasteiger partial charge on any atom is -0.327 e. The molecule has 5 nitrogen and oxygen atoms in total. The number of amides is 1. The topological polar surface area (TPSA) is 50.5 Å². The highest BCUT2D eigenvalue weighted by Gasteiger charge is 2.33. The fourth-order valence-corrected chi connectivity index (χ4v) is 3.33. The van der Waals surface area contributed by atoms with Crippen molar-refractivity contribution in [3.8, 4) is 0 Å². The summed E-state index contributed by atoms with van der Waals surface area (Å²) in [7, 11) is 0. The molecular formula is C19H22N4O. The third-order valence-electron chi connectivity index (χ3n) is 4.38. The van der Waals surface area contributed by atoms with Crippen molar-refractivity contribution >= 4 is 11.7 Å². The number of aryl methyl sites for hydroxylation is 1. The van der Waals surface area contributed by atoms with Crippen LogP contribution in [0.2, 0.25) is 0 Å². The van der Waals surface area contributed by atoms with Crippen LogP contribution in [0, 0.1) is 6.92 Å². The minimum atomic E-state index is -0.0175. The maximum absolute atomic E-state index is 13.4. The van der Waals surface area contributed by atoms with Gasteiger partial charge in [0.2, 0.25) is 5.78 Å². The molecule has 0 spiro atoms. The number of hydrogen-bond acceptors (Lipinski definition) is 3. The van der Waals surface area contributed by atoms with Gasteiger partial charge in [0.25, 0.3) is 5.91 Å². The van der Waals surface area contributed by atoms with E-state index in [0.29, 0.717) is 17.2 Å². The third-order valence-corrected chi connectivity index (χ3v) is 4.38. The average molecular weight is 322 g/mol. The summed E-state index contributed by atoms with van der Waals surface area (Å²) in [4.78, 5) is 24.0. The van der Waals surface area contributed by atoms with E-state index in [2.05, 4.69) is 35.3 Å². The van der Waals surface area contributed by atoms with Gasteiger partial charge in [-0.25, -0.2) is 9.97 Å². The van der Waals surface area contributed by atoms with Gasteiger partial charge in [0.05, 0.1) is 11.7 Å². The van der Waals surface area contributed by atoms with Crippen LogP contribution >= 0.6 is 0 Å². The molecule has 0 unspecified atom stereocenters. The zero-order valence-corrected chi connectivity index (χ0v) is 13.9. The number of nitrogens with zero attached hydrogens (tertiary/aromatic N) is 4. The highest BCUT2D eigenvalue weighted by Crippen LogP contribution is 2.26. The SMILES string of the molecule is C=CC[C@@H]1CC=C[C@@H](CC=C)N1C(=O)c1c(C)nc2ncccn12. The Kier molecular flexibility index (Phi) is 4.60. The van der Waals surface area contributed by atoms with Gasteiger partial charge in [-0.05, 0) is 32.3 Å². The lowest BCUT2D eigenvalue weighted by Gasteiger charge is -2.38. The molecule has 0 aromatic carbocycles. The first-order valence-electron chi connectivity index (χ1n) is 8.18. The smallest absolute Gasteiger partial charge is 0.273 e. The lowest BCUT2D eigenvalue weighted by atomic mass is 9.97. The molecule has 2 aromatic rings. The Morgan fingerprint density at radius 2 is 2.17 bits per heavy atom. The molecule has 0 aliphatic carbocycles. The lowest BCUT2D eigenvalue weighted by Crippen LogP contribution is -2.48. The number of fused-ring (bicyclic) bond motifs is 1. The summed E-state index contributed by atoms with van der Waals surface area (Å²) in [5, 5.41) is 0. The summed E-state index contributed by atoms with van der Waals surface area (Å²) in [6.45, 7) is 9.52. The second-order valence-electron chi connectivity index (χ2n) is 5.98. The van der Waals surface area contributed by atoms with Crippen LogP contribution in [0.15, 0.2) is 55.9 Å². The van der Waals surface area contributed by atoms with Gasteiger partial charge in [-0.15, -0.1) is 13.2 Å². The number of hydrogen-bond donors (Lipinski definition) is 0. The van der Waals surface area contributed by atoms with E-state index in [9.17, 15) is 4.79 Å². The zero-order chi connectivity index (χ0) is 17.1. The zero-order valence-electron chi connectivity index (χ0n) is 13.9. The predicted molar refractivity (Wildman–Crippen MR) is 94.9 cm³/mol. The quantitative estimate of drug-likeness (QED) is 0.793. The van der Waals surface area contributed by atoms with E-state index in [4.69, 9.17) is 0 Å². The molecule has 0 bridgehead atoms. The molecular weight excluding hydrogens is 300 g/mol. The molecule has 1 aliphatic heterocycles. The predicted octanol–water partition coefficient (Wildman–Crippen LogP) is 3.33. The van der Waals surface area contributed by atoms with Gasteiger partial charge in [0.1, 0.15) is 5.69 Å². The molecule has 1 aliphatic rings. The summed E-state index contributed by atoms with van der Waals surface area (Å²) in [6.07, 6.45) is 13.8. The molecule has 0 radical (unpaired) electrons. The van der Waals surface area contributed by atoms with Crippen molar-refractivity contribution in [2.45, 2.75) is 38.3 Å². The summed E-state index contributed by atoms with van der Waals surface area (Å²) in [6, 6.07) is 1.92. The third kappa shape index (κ3) is 2.77. The van der Waals surface area contributed by atoms with Crippen LogP contribution in [0.3, 0.4) is 0 Å². The second-order valence-corrected chi connectivity index (χ2v) is 5.98. The van der Waals surface area contributed by atoms with E-state index in [-0.39, 0.29) is 18.0 Å². The van der Waals surface area contributed by atoms with Gasteiger partial charge >= 0.3 is 0 Å². The highest BCUT2D eigenvalue weighted by atomic mass is 16.2. The van der Waals surface area contributed by atoms with Crippen molar-refractivity contribution in [3.05, 3.63) is 67.3 Å². The largest absolute Gasteiger partial charge is 0.327 e. The van der Waals surface area contributed by atoms with E-state index in [1.54, 1.807) is 10.6 Å². The van der Waals surface area contributed by atoms with Crippen LogP contribution < -0.4 is 0 Å². The fraction of sp³-hybridized carbons (Fsp3) is 0.316. The van der Waals surface area contributed by atoms with Crippen molar-refractivity contribution in [2.24, 2.45) is 0 Å². The fourth-order valence-electron chi connectivity index (χ4n) is 3.33. The van der Waals surface area contributed by atoms with Crippen LogP contribution in [0.25, 0.3) is 5.78 Å². The Balaban J connectivity index is 2.06. The molecule has 3 heterocycles. The molecule has 0 saturated heterocycles. The summed E-state index contributed by atoms with van der Waals surface area (Å²) < 4.78 is 1.77. The van der Waals surface area contributed by atoms with Crippen molar-refractivity contribution in [1.29, 1.82) is 0 Å². The molecule has 0 fully saturated rings. The number of rotatable bonds is 5. The summed E-state index contributed by atoms with van der Waals surface area (Å²) >= 11 is 0. The maximum atomic E-state index is 13.4. The molecule has 124 valence electrons. The maximum Gasteiger partial charge on any atom is 0.273 e. The van der Waals surface area contributed by atoms with Gasteiger partial charge in [0.15, 0.2) is 0 Å². The number of carbonyl (C=O) groups is 1. The summed E-state index contributed by atoms with van der Waals surface area (Å²) in [5.74, 6) is 0.530. The molecule has 0 N–H and O–H groups in total. The van der Waals surface area contributed by atoms with E-state index in [0.717, 1.165) is 19.3 Å². The standard InChI is InChI=1S/C19H22N4O/c1-4-8-15-10-6-11-16(9-5-2)23(15)18(24)17-14(3)21-19-20-12-7-13-22(17)19/h4-7,10,12-13,15-16H,1-2,8-9,11H2,3H3/t15-,16-/m1/s1. The van der Waals surface area contributed by atoms with Crippen LogP contribution in [0.4, 0.5) is 0 Å². The molecule has 0 saturated carbocycles. The van der Waals surface area contributed by atoms with Crippen LogP contribution in [0.5, 0.6) is 0 Å². The Hall–Kier alpha value is -2.69. The minimum absolute atomic E-state index is 0.00956. The van der Waals surface area contributed by atoms with Gasteiger partial charge in [-0.2, -0.15) is 0 Å². The number of carbonyl (C=O) groups excluding carboxylic acids is 1. The first kappa shape index (κ1) is 16.2. The first-order valence-corrected chi connectivity index (χ1v) is 8.18. The average Bonchev–Trinajstić information content (AvgIpc) is 2.91. The number of imidazole rings is 1. The van der Waals surface area contributed by atoms with Crippen LogP contribution in [-0.2, 0) is 0 Å². The van der Waals surface area contributed by atoms with Crippen LogP contribution in [-0.4, -0.2) is 37.3 Å². The van der Waals surface area contributed by atoms with Gasteiger partial charge in [-0.3, -0.25) is 9.20 Å².